The number of morpholine rings is 1. The molecule has 33 heavy (non-hydrogen) atoms. The normalized spacial score (nSPS) is 16.2. The summed E-state index contributed by atoms with van der Waals surface area (Å²) in [5, 5.41) is 4.35. The van der Waals surface area contributed by atoms with E-state index < -0.39 is 0 Å². The highest BCUT2D eigenvalue weighted by molar-refractivity contribution is 5.99. The van der Waals surface area contributed by atoms with Gasteiger partial charge in [-0.05, 0) is 44.2 Å². The number of carbonyl (C=O) groups is 1. The maximum absolute atomic E-state index is 13.4. The number of methoxy groups -OCH3 is 1. The molecule has 1 amide bonds. The summed E-state index contributed by atoms with van der Waals surface area (Å²) < 4.78 is 12.9. The first-order valence-electron chi connectivity index (χ1n) is 10.7. The Morgan fingerprint density at radius 3 is 2.73 bits per heavy atom. The third kappa shape index (κ3) is 4.03. The van der Waals surface area contributed by atoms with Crippen LogP contribution < -0.4 is 4.74 Å². The lowest BCUT2D eigenvalue weighted by atomic mass is 10.1. The minimum absolute atomic E-state index is 0.116. The third-order valence-electron chi connectivity index (χ3n) is 5.73. The van der Waals surface area contributed by atoms with Gasteiger partial charge >= 0.3 is 0 Å². The van der Waals surface area contributed by atoms with Crippen molar-refractivity contribution in [2.24, 2.45) is 0 Å². The number of hydrogen-bond acceptors (Lipinski definition) is 7. The van der Waals surface area contributed by atoms with Gasteiger partial charge in [-0.3, -0.25) is 9.78 Å². The van der Waals surface area contributed by atoms with E-state index in [1.807, 2.05) is 44.2 Å². The minimum Gasteiger partial charge on any atom is -0.497 e. The van der Waals surface area contributed by atoms with Crippen molar-refractivity contribution in [2.75, 3.05) is 26.8 Å². The molecule has 0 bridgehead atoms. The second-order valence-electron chi connectivity index (χ2n) is 8.00. The van der Waals surface area contributed by atoms with Gasteiger partial charge in [0.1, 0.15) is 17.4 Å². The fraction of sp³-hybridized carbons (Fsp3) is 0.292. The van der Waals surface area contributed by atoms with Crippen LogP contribution in [0.25, 0.3) is 16.9 Å². The summed E-state index contributed by atoms with van der Waals surface area (Å²) in [5.41, 5.74) is 5.19. The summed E-state index contributed by atoms with van der Waals surface area (Å²) in [5.74, 6) is 0.662. The van der Waals surface area contributed by atoms with Gasteiger partial charge in [-0.2, -0.15) is 5.10 Å². The van der Waals surface area contributed by atoms with Gasteiger partial charge < -0.3 is 14.4 Å². The van der Waals surface area contributed by atoms with E-state index in [0.29, 0.717) is 36.6 Å². The van der Waals surface area contributed by atoms with Gasteiger partial charge in [0.25, 0.3) is 5.91 Å². The molecule has 1 aliphatic rings. The Morgan fingerprint density at radius 1 is 1.12 bits per heavy atom. The molecule has 4 aromatic rings. The summed E-state index contributed by atoms with van der Waals surface area (Å²) >= 11 is 0. The number of nitrogens with zero attached hydrogens (tertiary/aromatic N) is 6. The average molecular weight is 444 g/mol. The SMILES string of the molecule is COc1ccc(-c2cncc([C@@H]3CN(C(=O)c4cnn5c(C)cc(C)nc45)CCO3)n2)cc1. The van der Waals surface area contributed by atoms with Crippen LogP contribution in [0.3, 0.4) is 0 Å². The topological polar surface area (TPSA) is 94.7 Å². The average Bonchev–Trinajstić information content (AvgIpc) is 3.28. The molecule has 1 atom stereocenters. The van der Waals surface area contributed by atoms with Crippen LogP contribution in [-0.2, 0) is 4.74 Å². The highest BCUT2D eigenvalue weighted by Crippen LogP contribution is 2.26. The molecule has 0 radical (unpaired) electrons. The van der Waals surface area contributed by atoms with Crippen molar-refractivity contribution in [3.8, 4) is 17.0 Å². The van der Waals surface area contributed by atoms with Crippen LogP contribution in [0.5, 0.6) is 5.75 Å². The lowest BCUT2D eigenvalue weighted by Gasteiger charge is -2.32. The number of aryl methyl sites for hydroxylation is 2. The fourth-order valence-electron chi connectivity index (χ4n) is 4.04. The Hall–Kier alpha value is -3.85. The predicted molar refractivity (Wildman–Crippen MR) is 121 cm³/mol. The molecular weight excluding hydrogens is 420 g/mol. The highest BCUT2D eigenvalue weighted by atomic mass is 16.5. The van der Waals surface area contributed by atoms with Crippen molar-refractivity contribution in [3.63, 3.8) is 0 Å². The summed E-state index contributed by atoms with van der Waals surface area (Å²) in [6.45, 7) is 5.13. The molecular formula is C24H24N6O3. The van der Waals surface area contributed by atoms with E-state index in [4.69, 9.17) is 14.5 Å². The van der Waals surface area contributed by atoms with Gasteiger partial charge in [0, 0.05) is 23.5 Å². The smallest absolute Gasteiger partial charge is 0.259 e. The van der Waals surface area contributed by atoms with Crippen LogP contribution in [0.15, 0.2) is 48.9 Å². The first kappa shape index (κ1) is 21.0. The van der Waals surface area contributed by atoms with Gasteiger partial charge in [0.05, 0.1) is 50.2 Å². The number of ether oxygens (including phenoxy) is 2. The molecule has 0 unspecified atom stereocenters. The van der Waals surface area contributed by atoms with Gasteiger partial charge in [-0.15, -0.1) is 0 Å². The van der Waals surface area contributed by atoms with E-state index in [9.17, 15) is 4.79 Å². The Morgan fingerprint density at radius 2 is 1.94 bits per heavy atom. The van der Waals surface area contributed by atoms with Crippen LogP contribution in [0.2, 0.25) is 0 Å². The van der Waals surface area contributed by atoms with Gasteiger partial charge in [-0.1, -0.05) is 0 Å². The number of benzene rings is 1. The zero-order valence-electron chi connectivity index (χ0n) is 18.7. The molecule has 0 spiro atoms. The Kier molecular flexibility index (Phi) is 5.47. The third-order valence-corrected chi connectivity index (χ3v) is 5.73. The van der Waals surface area contributed by atoms with Gasteiger partial charge in [-0.25, -0.2) is 14.5 Å². The van der Waals surface area contributed by atoms with Crippen molar-refractivity contribution in [1.82, 2.24) is 29.5 Å². The molecule has 0 aliphatic carbocycles. The largest absolute Gasteiger partial charge is 0.497 e. The van der Waals surface area contributed by atoms with Crippen molar-refractivity contribution < 1.29 is 14.3 Å². The summed E-state index contributed by atoms with van der Waals surface area (Å²) in [6.07, 6.45) is 4.62. The molecule has 1 fully saturated rings. The van der Waals surface area contributed by atoms with E-state index >= 15 is 0 Å². The number of fused-ring (bicyclic) bond motifs is 1. The van der Waals surface area contributed by atoms with Crippen LogP contribution in [-0.4, -0.2) is 62.2 Å². The Labute approximate surface area is 191 Å². The quantitative estimate of drug-likeness (QED) is 0.477. The van der Waals surface area contributed by atoms with Crippen molar-refractivity contribution in [3.05, 3.63) is 71.6 Å². The maximum Gasteiger partial charge on any atom is 0.259 e. The molecule has 5 rings (SSSR count). The first-order chi connectivity index (χ1) is 16.0. The molecule has 0 saturated carbocycles. The van der Waals surface area contributed by atoms with E-state index in [1.165, 1.54) is 0 Å². The predicted octanol–water partition coefficient (Wildman–Crippen LogP) is 3.03. The van der Waals surface area contributed by atoms with E-state index in [2.05, 4.69) is 15.1 Å². The zero-order valence-corrected chi connectivity index (χ0v) is 18.7. The molecule has 1 saturated heterocycles. The van der Waals surface area contributed by atoms with E-state index in [0.717, 1.165) is 28.4 Å². The number of carbonyl (C=O) groups excluding carboxylic acids is 1. The minimum atomic E-state index is -0.369. The molecule has 0 N–H and O–H groups in total. The monoisotopic (exact) mass is 444 g/mol. The van der Waals surface area contributed by atoms with Crippen molar-refractivity contribution in [2.45, 2.75) is 20.0 Å². The molecule has 1 aromatic carbocycles. The van der Waals surface area contributed by atoms with Crippen LogP contribution in [0.4, 0.5) is 0 Å². The van der Waals surface area contributed by atoms with Gasteiger partial charge in [0.15, 0.2) is 5.65 Å². The molecule has 1 aliphatic heterocycles. The van der Waals surface area contributed by atoms with Crippen LogP contribution in [0, 0.1) is 13.8 Å². The highest BCUT2D eigenvalue weighted by Gasteiger charge is 2.29. The Bertz CT molecular complexity index is 1320. The maximum atomic E-state index is 13.4. The number of hydrogen-bond donors (Lipinski definition) is 0. The second kappa shape index (κ2) is 8.59. The molecule has 3 aromatic heterocycles. The molecule has 4 heterocycles. The standard InChI is InChI=1S/C24H24N6O3/c1-15-10-16(2)30-23(27-15)19(11-26-30)24(31)29-8-9-33-22(14-29)21-13-25-12-20(28-21)17-4-6-18(32-3)7-5-17/h4-7,10-13,22H,8-9,14H2,1-3H3/t22-/m0/s1. The van der Waals surface area contributed by atoms with E-state index in [1.54, 1.807) is 35.1 Å². The van der Waals surface area contributed by atoms with E-state index in [-0.39, 0.29) is 12.0 Å². The summed E-state index contributed by atoms with van der Waals surface area (Å²) in [7, 11) is 1.63. The number of amides is 1. The fourth-order valence-corrected chi connectivity index (χ4v) is 4.04. The van der Waals surface area contributed by atoms with Crippen molar-refractivity contribution in [1.29, 1.82) is 0 Å². The number of rotatable bonds is 4. The second-order valence-corrected chi connectivity index (χ2v) is 8.00. The van der Waals surface area contributed by atoms with Crippen LogP contribution in [0.1, 0.15) is 33.5 Å². The summed E-state index contributed by atoms with van der Waals surface area (Å²) in [6, 6.07) is 9.58. The zero-order chi connectivity index (χ0) is 22.9. The lowest BCUT2D eigenvalue weighted by Crippen LogP contribution is -2.42. The first-order valence-corrected chi connectivity index (χ1v) is 10.7. The Balaban J connectivity index is 1.38. The van der Waals surface area contributed by atoms with Crippen molar-refractivity contribution >= 4 is 11.6 Å². The van der Waals surface area contributed by atoms with Gasteiger partial charge in [0.2, 0.25) is 0 Å². The van der Waals surface area contributed by atoms with Crippen LogP contribution >= 0.6 is 0 Å². The summed E-state index contributed by atoms with van der Waals surface area (Å²) in [4.78, 5) is 28.8. The number of aromatic nitrogens is 5. The molecule has 9 heteroatoms. The lowest BCUT2D eigenvalue weighted by molar-refractivity contribution is -0.0247. The molecule has 168 valence electrons. The molecule has 9 nitrogen and oxygen atoms in total.